The van der Waals surface area contributed by atoms with Crippen LogP contribution >= 0.6 is 23.1 Å². The van der Waals surface area contributed by atoms with Crippen LogP contribution in [0, 0.1) is 5.82 Å². The molecule has 0 radical (unpaired) electrons. The van der Waals surface area contributed by atoms with E-state index in [1.807, 2.05) is 33.4 Å². The Bertz CT molecular complexity index is 838. The predicted octanol–water partition coefficient (Wildman–Crippen LogP) is 1.50. The first-order chi connectivity index (χ1) is 13.6. The Morgan fingerprint density at radius 2 is 2.04 bits per heavy atom. The molecule has 2 aliphatic rings. The number of quaternary nitrogens is 1. The van der Waals surface area contributed by atoms with Gasteiger partial charge in [-0.05, 0) is 29.1 Å². The lowest BCUT2D eigenvalue weighted by Gasteiger charge is -2.33. The second kappa shape index (κ2) is 8.63. The quantitative estimate of drug-likeness (QED) is 0.798. The number of nitrogens with zero attached hydrogens (tertiary/aromatic N) is 2. The van der Waals surface area contributed by atoms with Gasteiger partial charge in [-0.2, -0.15) is 0 Å². The number of hydrogen-bond acceptors (Lipinski definition) is 4. The number of piperazine rings is 1. The van der Waals surface area contributed by atoms with E-state index in [0.29, 0.717) is 12.3 Å². The predicted molar refractivity (Wildman–Crippen MR) is 109 cm³/mol. The molecule has 1 N–H and O–H groups in total. The maximum absolute atomic E-state index is 13.6. The highest BCUT2D eigenvalue weighted by atomic mass is 32.2. The summed E-state index contributed by atoms with van der Waals surface area (Å²) in [6, 6.07) is 10.3. The van der Waals surface area contributed by atoms with E-state index in [0.717, 1.165) is 43.2 Å². The van der Waals surface area contributed by atoms with E-state index < -0.39 is 0 Å². The van der Waals surface area contributed by atoms with Gasteiger partial charge in [-0.1, -0.05) is 18.2 Å². The first kappa shape index (κ1) is 19.4. The standard InChI is InChI=1S/C20H22FN3O2S2/c21-16-4-1-3-15(13-16)20-24(18(25)14-28-20)11-8-22-6-9-23(10-7-22)19(26)17-5-2-12-27-17/h1-5,12-13,20H,6-11,14H2/p+1/t20-/m1/s1. The Balaban J connectivity index is 1.30. The molecule has 3 heterocycles. The van der Waals surface area contributed by atoms with Gasteiger partial charge in [0.25, 0.3) is 5.91 Å². The van der Waals surface area contributed by atoms with Crippen LogP contribution in [0.25, 0.3) is 0 Å². The topological polar surface area (TPSA) is 45.1 Å². The Labute approximate surface area is 172 Å². The van der Waals surface area contributed by atoms with Crippen molar-refractivity contribution < 1.29 is 18.9 Å². The third kappa shape index (κ3) is 4.24. The Hall–Kier alpha value is -1.90. The Morgan fingerprint density at radius 1 is 1.21 bits per heavy atom. The molecule has 2 amide bonds. The molecule has 1 atom stereocenters. The molecule has 0 bridgehead atoms. The Morgan fingerprint density at radius 3 is 2.75 bits per heavy atom. The summed E-state index contributed by atoms with van der Waals surface area (Å²) in [4.78, 5) is 30.8. The fourth-order valence-electron chi connectivity index (χ4n) is 3.74. The highest BCUT2D eigenvalue weighted by molar-refractivity contribution is 8.00. The van der Waals surface area contributed by atoms with Gasteiger partial charge in [0.1, 0.15) is 11.2 Å². The number of thioether (sulfide) groups is 1. The van der Waals surface area contributed by atoms with Crippen LogP contribution in [0.5, 0.6) is 0 Å². The average molecular weight is 421 g/mol. The van der Waals surface area contributed by atoms with Crippen molar-refractivity contribution in [1.29, 1.82) is 0 Å². The van der Waals surface area contributed by atoms with Crippen molar-refractivity contribution >= 4 is 34.9 Å². The normalized spacial score (nSPS) is 20.8. The molecular formula is C20H23FN3O2S2+. The highest BCUT2D eigenvalue weighted by Gasteiger charge is 2.34. The van der Waals surface area contributed by atoms with Gasteiger partial charge in [0.2, 0.25) is 5.91 Å². The van der Waals surface area contributed by atoms with E-state index in [4.69, 9.17) is 0 Å². The number of nitrogens with one attached hydrogen (secondary N) is 1. The maximum atomic E-state index is 13.6. The number of halogens is 1. The lowest BCUT2D eigenvalue weighted by Crippen LogP contribution is -3.15. The first-order valence-electron chi connectivity index (χ1n) is 9.45. The van der Waals surface area contributed by atoms with Gasteiger partial charge < -0.3 is 14.7 Å². The monoisotopic (exact) mass is 420 g/mol. The molecule has 1 aromatic carbocycles. The molecular weight excluding hydrogens is 397 g/mol. The van der Waals surface area contributed by atoms with Crippen LogP contribution in [0.3, 0.4) is 0 Å². The zero-order chi connectivity index (χ0) is 19.5. The molecule has 2 saturated heterocycles. The van der Waals surface area contributed by atoms with Crippen LogP contribution in [0.2, 0.25) is 0 Å². The molecule has 2 fully saturated rings. The summed E-state index contributed by atoms with van der Waals surface area (Å²) in [6.07, 6.45) is 0. The summed E-state index contributed by atoms with van der Waals surface area (Å²) in [5.74, 6) is 0.408. The highest BCUT2D eigenvalue weighted by Crippen LogP contribution is 2.38. The molecule has 0 aliphatic carbocycles. The zero-order valence-corrected chi connectivity index (χ0v) is 17.1. The van der Waals surface area contributed by atoms with Crippen LogP contribution in [0.15, 0.2) is 41.8 Å². The number of carbonyl (C=O) groups excluding carboxylic acids is 2. The molecule has 148 valence electrons. The van der Waals surface area contributed by atoms with E-state index in [9.17, 15) is 14.0 Å². The number of amides is 2. The summed E-state index contributed by atoms with van der Waals surface area (Å²) in [7, 11) is 0. The molecule has 8 heteroatoms. The molecule has 28 heavy (non-hydrogen) atoms. The summed E-state index contributed by atoms with van der Waals surface area (Å²) >= 11 is 3.04. The average Bonchev–Trinajstić information content (AvgIpc) is 3.36. The van der Waals surface area contributed by atoms with Crippen molar-refractivity contribution in [1.82, 2.24) is 9.80 Å². The fraction of sp³-hybridized carbons (Fsp3) is 0.400. The third-order valence-electron chi connectivity index (χ3n) is 5.30. The van der Waals surface area contributed by atoms with Gasteiger partial charge in [-0.15, -0.1) is 23.1 Å². The molecule has 0 spiro atoms. The molecule has 0 saturated carbocycles. The van der Waals surface area contributed by atoms with Crippen LogP contribution in [-0.4, -0.2) is 66.6 Å². The summed E-state index contributed by atoms with van der Waals surface area (Å²) in [6.45, 7) is 4.75. The molecule has 0 unspecified atom stereocenters. The van der Waals surface area contributed by atoms with Crippen LogP contribution in [0.4, 0.5) is 4.39 Å². The summed E-state index contributed by atoms with van der Waals surface area (Å²) in [5.41, 5.74) is 0.845. The molecule has 5 nitrogen and oxygen atoms in total. The van der Waals surface area contributed by atoms with Crippen LogP contribution in [-0.2, 0) is 4.79 Å². The number of carbonyl (C=O) groups is 2. The van der Waals surface area contributed by atoms with Crippen LogP contribution < -0.4 is 4.90 Å². The van der Waals surface area contributed by atoms with Gasteiger partial charge >= 0.3 is 0 Å². The van der Waals surface area contributed by atoms with Crippen molar-refractivity contribution in [3.63, 3.8) is 0 Å². The lowest BCUT2D eigenvalue weighted by atomic mass is 10.2. The van der Waals surface area contributed by atoms with Gasteiger partial charge in [-0.3, -0.25) is 9.59 Å². The maximum Gasteiger partial charge on any atom is 0.264 e. The van der Waals surface area contributed by atoms with Crippen molar-refractivity contribution in [3.05, 3.63) is 58.0 Å². The van der Waals surface area contributed by atoms with Crippen molar-refractivity contribution in [2.24, 2.45) is 0 Å². The smallest absolute Gasteiger partial charge is 0.264 e. The van der Waals surface area contributed by atoms with Gasteiger partial charge in [-0.25, -0.2) is 4.39 Å². The SMILES string of the molecule is O=C(c1cccs1)N1CC[NH+](CCN2C(=O)CS[C@@H]2c2cccc(F)c2)CC1. The summed E-state index contributed by atoms with van der Waals surface area (Å²) in [5, 5.41) is 1.82. The molecule has 2 aromatic rings. The second-order valence-electron chi connectivity index (χ2n) is 7.08. The number of thiophene rings is 1. The summed E-state index contributed by atoms with van der Waals surface area (Å²) < 4.78 is 13.6. The first-order valence-corrected chi connectivity index (χ1v) is 11.4. The van der Waals surface area contributed by atoms with Gasteiger partial charge in [0.05, 0.1) is 49.9 Å². The lowest BCUT2D eigenvalue weighted by molar-refractivity contribution is -0.903. The van der Waals surface area contributed by atoms with Crippen molar-refractivity contribution in [3.8, 4) is 0 Å². The van der Waals surface area contributed by atoms with Gasteiger partial charge in [0, 0.05) is 0 Å². The molecule has 4 rings (SSSR count). The Kier molecular flexibility index (Phi) is 5.99. The molecule has 1 aromatic heterocycles. The van der Waals surface area contributed by atoms with E-state index >= 15 is 0 Å². The molecule has 2 aliphatic heterocycles. The third-order valence-corrected chi connectivity index (χ3v) is 7.41. The number of rotatable bonds is 5. The van der Waals surface area contributed by atoms with Crippen molar-refractivity contribution in [2.75, 3.05) is 45.0 Å². The van der Waals surface area contributed by atoms with Crippen molar-refractivity contribution in [2.45, 2.75) is 5.37 Å². The zero-order valence-electron chi connectivity index (χ0n) is 15.5. The minimum absolute atomic E-state index is 0.107. The number of hydrogen-bond donors (Lipinski definition) is 1. The van der Waals surface area contributed by atoms with E-state index in [2.05, 4.69) is 0 Å². The fourth-order valence-corrected chi connectivity index (χ4v) is 5.64. The number of benzene rings is 1. The van der Waals surface area contributed by atoms with E-state index in [1.165, 1.54) is 28.4 Å². The largest absolute Gasteiger partial charge is 0.331 e. The van der Waals surface area contributed by atoms with Gasteiger partial charge in [0.15, 0.2) is 0 Å². The second-order valence-corrected chi connectivity index (χ2v) is 9.09. The van der Waals surface area contributed by atoms with E-state index in [1.54, 1.807) is 17.8 Å². The minimum Gasteiger partial charge on any atom is -0.331 e. The van der Waals surface area contributed by atoms with Crippen LogP contribution in [0.1, 0.15) is 20.6 Å². The minimum atomic E-state index is -0.269. The van der Waals surface area contributed by atoms with E-state index in [-0.39, 0.29) is 23.0 Å².